The highest BCUT2D eigenvalue weighted by Gasteiger charge is 2.18. The summed E-state index contributed by atoms with van der Waals surface area (Å²) in [6.45, 7) is 1.14. The summed E-state index contributed by atoms with van der Waals surface area (Å²) in [5.74, 6) is -0.455. The number of imidazole rings is 1. The smallest absolute Gasteiger partial charge is 0.244 e. The van der Waals surface area contributed by atoms with Crippen molar-refractivity contribution in [2.75, 3.05) is 0 Å². The van der Waals surface area contributed by atoms with E-state index in [0.29, 0.717) is 28.8 Å². The fraction of sp³-hybridized carbons (Fsp3) is 0.154. The highest BCUT2D eigenvalue weighted by molar-refractivity contribution is 6.30. The first-order valence-electron chi connectivity index (χ1n) is 10.4. The Morgan fingerprint density at radius 2 is 1.56 bits per heavy atom. The summed E-state index contributed by atoms with van der Waals surface area (Å²) in [6.07, 6.45) is 5.36. The van der Waals surface area contributed by atoms with E-state index in [2.05, 4.69) is 0 Å². The Bertz CT molecular complexity index is 1210. The summed E-state index contributed by atoms with van der Waals surface area (Å²) < 4.78 is 23.1. The molecule has 4 nitrogen and oxygen atoms in total. The van der Waals surface area contributed by atoms with Gasteiger partial charge in [0, 0.05) is 15.6 Å². The van der Waals surface area contributed by atoms with Crippen molar-refractivity contribution in [2.45, 2.75) is 25.8 Å². The first kappa shape index (κ1) is 25.9. The van der Waals surface area contributed by atoms with Gasteiger partial charge in [0.2, 0.25) is 12.1 Å². The third kappa shape index (κ3) is 7.15. The van der Waals surface area contributed by atoms with Crippen LogP contribution in [0.1, 0.15) is 27.6 Å². The topological polar surface area (TPSA) is 35.1 Å². The van der Waals surface area contributed by atoms with Gasteiger partial charge in [-0.25, -0.2) is 13.5 Å². The molecular weight excluding hydrogens is 498 g/mol. The first-order valence-corrected chi connectivity index (χ1v) is 11.2. The molecule has 176 valence electrons. The largest absolute Gasteiger partial charge is 1.00 e. The monoisotopic (exact) mass is 518 g/mol. The Balaban J connectivity index is 0.00000324. The Kier molecular flexibility index (Phi) is 9.25. The van der Waals surface area contributed by atoms with Crippen LogP contribution in [0.5, 0.6) is 0 Å². The SMILES string of the molecule is O=C(Cn1cc[n+](CC(OCc2ccc(Cl)cc2)c2ccc(Cl)cc2)c1)c1ccc(F)cc1.[Cl-]. The number of carbonyl (C=O) groups is 1. The van der Waals surface area contributed by atoms with Crippen LogP contribution in [0.25, 0.3) is 0 Å². The lowest BCUT2D eigenvalue weighted by atomic mass is 10.1. The van der Waals surface area contributed by atoms with Crippen LogP contribution in [0.15, 0.2) is 91.5 Å². The standard InChI is InChI=1S/C26H22Cl2FN2O2.ClH/c27-22-7-1-19(2-8-22)17-33-26(21-3-9-23(28)10-4-21)16-31-14-13-30(18-31)15-25(32)20-5-11-24(29)12-6-20;/h1-14,18,26H,15-17H2;1H/q+1;/p-1. The number of Topliss-reactive ketones (excluding diaryl/α,β-unsaturated/α-hetero) is 1. The van der Waals surface area contributed by atoms with Crippen molar-refractivity contribution in [2.24, 2.45) is 0 Å². The van der Waals surface area contributed by atoms with Crippen molar-refractivity contribution in [3.8, 4) is 0 Å². The van der Waals surface area contributed by atoms with Crippen molar-refractivity contribution in [3.63, 3.8) is 0 Å². The van der Waals surface area contributed by atoms with Crippen molar-refractivity contribution in [3.05, 3.63) is 124 Å². The van der Waals surface area contributed by atoms with E-state index in [9.17, 15) is 9.18 Å². The van der Waals surface area contributed by atoms with Gasteiger partial charge in [0.15, 0.2) is 6.54 Å². The van der Waals surface area contributed by atoms with Gasteiger partial charge in [0.25, 0.3) is 0 Å². The Morgan fingerprint density at radius 1 is 0.941 bits per heavy atom. The Labute approximate surface area is 213 Å². The minimum Gasteiger partial charge on any atom is -1.00 e. The second-order valence-corrected chi connectivity index (χ2v) is 8.56. The second-order valence-electron chi connectivity index (χ2n) is 7.69. The molecular formula is C26H22Cl3FN2O2. The molecule has 0 saturated carbocycles. The minimum absolute atomic E-state index is 0. The molecule has 1 unspecified atom stereocenters. The number of carbonyl (C=O) groups excluding carboxylic acids is 1. The fourth-order valence-corrected chi connectivity index (χ4v) is 3.69. The summed E-state index contributed by atoms with van der Waals surface area (Å²) in [7, 11) is 0. The van der Waals surface area contributed by atoms with E-state index in [0.717, 1.165) is 11.1 Å². The highest BCUT2D eigenvalue weighted by atomic mass is 35.5. The zero-order valence-corrected chi connectivity index (χ0v) is 20.3. The van der Waals surface area contributed by atoms with Crippen LogP contribution in [-0.4, -0.2) is 10.4 Å². The molecule has 0 aliphatic carbocycles. The molecule has 0 bridgehead atoms. The molecule has 1 atom stereocenters. The number of rotatable bonds is 9. The first-order chi connectivity index (χ1) is 16.0. The lowest BCUT2D eigenvalue weighted by molar-refractivity contribution is -0.704. The van der Waals surface area contributed by atoms with Gasteiger partial charge in [-0.2, -0.15) is 0 Å². The molecule has 0 radical (unpaired) electrons. The number of halogens is 4. The van der Waals surface area contributed by atoms with Crippen LogP contribution in [0.4, 0.5) is 4.39 Å². The van der Waals surface area contributed by atoms with Gasteiger partial charge in [0.1, 0.15) is 30.9 Å². The zero-order chi connectivity index (χ0) is 23.2. The molecule has 1 aromatic heterocycles. The second kappa shape index (κ2) is 12.1. The quantitative estimate of drug-likeness (QED) is 0.252. The van der Waals surface area contributed by atoms with Crippen molar-refractivity contribution >= 4 is 29.0 Å². The van der Waals surface area contributed by atoms with Gasteiger partial charge in [-0.1, -0.05) is 47.5 Å². The van der Waals surface area contributed by atoms with E-state index in [4.69, 9.17) is 27.9 Å². The molecule has 0 aliphatic heterocycles. The van der Waals surface area contributed by atoms with Crippen LogP contribution in [0, 0.1) is 5.82 Å². The van der Waals surface area contributed by atoms with Gasteiger partial charge in [0.05, 0.1) is 6.61 Å². The number of aromatic nitrogens is 2. The molecule has 34 heavy (non-hydrogen) atoms. The number of nitrogens with zero attached hydrogens (tertiary/aromatic N) is 2. The number of ether oxygens (including phenoxy) is 1. The molecule has 0 spiro atoms. The summed E-state index contributed by atoms with van der Waals surface area (Å²) in [4.78, 5) is 12.5. The van der Waals surface area contributed by atoms with Crippen molar-refractivity contribution < 1.29 is 30.9 Å². The van der Waals surface area contributed by atoms with Gasteiger partial charge < -0.3 is 17.1 Å². The number of hydrogen-bond acceptors (Lipinski definition) is 2. The molecule has 0 amide bonds. The highest BCUT2D eigenvalue weighted by Crippen LogP contribution is 2.22. The summed E-state index contributed by atoms with van der Waals surface area (Å²) in [5, 5.41) is 1.34. The third-order valence-electron chi connectivity index (χ3n) is 5.22. The van der Waals surface area contributed by atoms with Gasteiger partial charge in [-0.05, 0) is 59.7 Å². The van der Waals surface area contributed by atoms with E-state index in [1.165, 1.54) is 24.3 Å². The van der Waals surface area contributed by atoms with Gasteiger partial charge in [-0.15, -0.1) is 0 Å². The van der Waals surface area contributed by atoms with Crippen LogP contribution < -0.4 is 17.0 Å². The molecule has 4 aromatic rings. The average Bonchev–Trinajstić information content (AvgIpc) is 3.25. The van der Waals surface area contributed by atoms with Crippen molar-refractivity contribution in [1.29, 1.82) is 0 Å². The van der Waals surface area contributed by atoms with Gasteiger partial charge in [-0.3, -0.25) is 4.79 Å². The lowest BCUT2D eigenvalue weighted by Crippen LogP contribution is -3.00. The normalized spacial score (nSPS) is 11.6. The summed E-state index contributed by atoms with van der Waals surface area (Å²) in [6, 6.07) is 20.7. The van der Waals surface area contributed by atoms with Crippen LogP contribution in [0.3, 0.4) is 0 Å². The van der Waals surface area contributed by atoms with E-state index in [1.807, 2.05) is 71.8 Å². The predicted octanol–water partition coefficient (Wildman–Crippen LogP) is 3.07. The molecule has 0 fully saturated rings. The third-order valence-corrected chi connectivity index (χ3v) is 5.73. The van der Waals surface area contributed by atoms with Crippen molar-refractivity contribution in [1.82, 2.24) is 4.57 Å². The minimum atomic E-state index is -0.364. The molecule has 0 N–H and O–H groups in total. The maximum absolute atomic E-state index is 13.1. The summed E-state index contributed by atoms with van der Waals surface area (Å²) in [5.41, 5.74) is 2.49. The number of ketones is 1. The number of benzene rings is 3. The zero-order valence-electron chi connectivity index (χ0n) is 18.1. The Hall–Kier alpha value is -2.70. The van der Waals surface area contributed by atoms with Crippen LogP contribution >= 0.6 is 23.2 Å². The molecule has 4 rings (SSSR count). The maximum atomic E-state index is 13.1. The van der Waals surface area contributed by atoms with E-state index in [1.54, 1.807) is 4.57 Å². The van der Waals surface area contributed by atoms with E-state index >= 15 is 0 Å². The molecule has 1 heterocycles. The molecule has 3 aromatic carbocycles. The van der Waals surface area contributed by atoms with Crippen LogP contribution in [0.2, 0.25) is 10.0 Å². The average molecular weight is 520 g/mol. The van der Waals surface area contributed by atoms with Gasteiger partial charge >= 0.3 is 0 Å². The number of hydrogen-bond donors (Lipinski definition) is 0. The maximum Gasteiger partial charge on any atom is 0.244 e. The lowest BCUT2D eigenvalue weighted by Gasteiger charge is -2.17. The molecule has 8 heteroatoms. The van der Waals surface area contributed by atoms with E-state index in [-0.39, 0.29) is 36.7 Å². The molecule has 0 aliphatic rings. The fourth-order valence-electron chi connectivity index (χ4n) is 3.43. The Morgan fingerprint density at radius 3 is 2.21 bits per heavy atom. The summed E-state index contributed by atoms with van der Waals surface area (Å²) >= 11 is 12.0. The molecule has 0 saturated heterocycles. The van der Waals surface area contributed by atoms with E-state index < -0.39 is 0 Å². The van der Waals surface area contributed by atoms with Crippen LogP contribution in [-0.2, 0) is 24.4 Å². The predicted molar refractivity (Wildman–Crippen MR) is 126 cm³/mol.